The summed E-state index contributed by atoms with van der Waals surface area (Å²) in [5, 5.41) is 11.1. The fraction of sp³-hybridized carbons (Fsp3) is 0.231. The zero-order chi connectivity index (χ0) is 13.8. The summed E-state index contributed by atoms with van der Waals surface area (Å²) in [5.74, 6) is 0.404. The van der Waals surface area contributed by atoms with E-state index in [1.54, 1.807) is 18.2 Å². The van der Waals surface area contributed by atoms with Gasteiger partial charge in [0.25, 0.3) is 0 Å². The van der Waals surface area contributed by atoms with Crippen molar-refractivity contribution in [1.29, 1.82) is 0 Å². The van der Waals surface area contributed by atoms with Gasteiger partial charge in [-0.25, -0.2) is 9.97 Å². The van der Waals surface area contributed by atoms with Gasteiger partial charge in [0.2, 0.25) is 5.88 Å². The van der Waals surface area contributed by atoms with Crippen molar-refractivity contribution in [3.63, 3.8) is 0 Å². The van der Waals surface area contributed by atoms with Gasteiger partial charge < -0.3 is 9.84 Å². The molecule has 0 amide bonds. The van der Waals surface area contributed by atoms with Gasteiger partial charge in [0, 0.05) is 12.5 Å². The van der Waals surface area contributed by atoms with Crippen LogP contribution in [0, 0.1) is 0 Å². The van der Waals surface area contributed by atoms with Crippen LogP contribution in [0.1, 0.15) is 17.4 Å². The molecule has 1 aromatic heterocycles. The first-order chi connectivity index (χ1) is 9.11. The highest BCUT2D eigenvalue weighted by molar-refractivity contribution is 6.42. The summed E-state index contributed by atoms with van der Waals surface area (Å²) in [7, 11) is 1.51. The third-order valence-corrected chi connectivity index (χ3v) is 3.52. The first-order valence-corrected chi connectivity index (χ1v) is 6.34. The third-order valence-electron chi connectivity index (χ3n) is 2.66. The second kappa shape index (κ2) is 6.19. The lowest BCUT2D eigenvalue weighted by molar-refractivity contribution is 0.173. The van der Waals surface area contributed by atoms with Crippen molar-refractivity contribution in [3.05, 3.63) is 51.9 Å². The van der Waals surface area contributed by atoms with Gasteiger partial charge in [-0.05, 0) is 11.6 Å². The fourth-order valence-corrected chi connectivity index (χ4v) is 2.06. The maximum absolute atomic E-state index is 10.2. The minimum Gasteiger partial charge on any atom is -0.481 e. The minimum atomic E-state index is -0.798. The Morgan fingerprint density at radius 2 is 2.11 bits per heavy atom. The van der Waals surface area contributed by atoms with Gasteiger partial charge in [-0.1, -0.05) is 35.3 Å². The van der Waals surface area contributed by atoms with E-state index in [2.05, 4.69) is 9.97 Å². The number of hydrogen-bond acceptors (Lipinski definition) is 4. The molecule has 19 heavy (non-hydrogen) atoms. The van der Waals surface area contributed by atoms with Crippen LogP contribution in [0.25, 0.3) is 0 Å². The Labute approximate surface area is 121 Å². The average Bonchev–Trinajstić information content (AvgIpc) is 2.44. The molecule has 2 aromatic rings. The smallest absolute Gasteiger partial charge is 0.216 e. The van der Waals surface area contributed by atoms with Crippen molar-refractivity contribution in [2.24, 2.45) is 0 Å². The number of aliphatic hydroxyl groups excluding tert-OH is 1. The number of ether oxygens (including phenoxy) is 1. The van der Waals surface area contributed by atoms with Crippen LogP contribution in [0.3, 0.4) is 0 Å². The molecule has 0 aliphatic carbocycles. The Morgan fingerprint density at radius 3 is 2.84 bits per heavy atom. The van der Waals surface area contributed by atoms with E-state index in [-0.39, 0.29) is 0 Å². The SMILES string of the molecule is COc1cc(C(O)Cc2cccc(Cl)c2Cl)ncn1. The van der Waals surface area contributed by atoms with E-state index >= 15 is 0 Å². The lowest BCUT2D eigenvalue weighted by Crippen LogP contribution is -2.05. The molecular formula is C13H12Cl2N2O2. The monoisotopic (exact) mass is 298 g/mol. The standard InChI is InChI=1S/C13H12Cl2N2O2/c1-19-12-6-10(16-7-17-12)11(18)5-8-3-2-4-9(14)13(8)15/h2-4,6-7,11,18H,5H2,1H3. The van der Waals surface area contributed by atoms with Crippen molar-refractivity contribution in [1.82, 2.24) is 9.97 Å². The molecule has 0 spiro atoms. The van der Waals surface area contributed by atoms with E-state index < -0.39 is 6.10 Å². The highest BCUT2D eigenvalue weighted by atomic mass is 35.5. The number of aliphatic hydroxyl groups is 1. The van der Waals surface area contributed by atoms with Crippen LogP contribution in [0.5, 0.6) is 5.88 Å². The molecule has 4 nitrogen and oxygen atoms in total. The Morgan fingerprint density at radius 1 is 1.32 bits per heavy atom. The van der Waals surface area contributed by atoms with Crippen LogP contribution in [0.15, 0.2) is 30.6 Å². The number of nitrogens with zero attached hydrogens (tertiary/aromatic N) is 2. The third kappa shape index (κ3) is 3.35. The molecule has 0 saturated heterocycles. The number of methoxy groups -OCH3 is 1. The summed E-state index contributed by atoms with van der Waals surface area (Å²) < 4.78 is 4.99. The molecule has 0 fully saturated rings. The molecule has 1 aromatic carbocycles. The van der Waals surface area contributed by atoms with Crippen LogP contribution in [0.2, 0.25) is 10.0 Å². The summed E-state index contributed by atoms with van der Waals surface area (Å²) in [6, 6.07) is 6.89. The number of rotatable bonds is 4. The van der Waals surface area contributed by atoms with Crippen molar-refractivity contribution in [2.75, 3.05) is 7.11 Å². The highest BCUT2D eigenvalue weighted by Gasteiger charge is 2.14. The van der Waals surface area contributed by atoms with E-state index in [0.717, 1.165) is 5.56 Å². The van der Waals surface area contributed by atoms with Crippen molar-refractivity contribution >= 4 is 23.2 Å². The quantitative estimate of drug-likeness (QED) is 0.942. The van der Waals surface area contributed by atoms with Crippen molar-refractivity contribution in [2.45, 2.75) is 12.5 Å². The predicted molar refractivity (Wildman–Crippen MR) is 73.7 cm³/mol. The van der Waals surface area contributed by atoms with Crippen LogP contribution in [-0.2, 0) is 6.42 Å². The second-order valence-electron chi connectivity index (χ2n) is 3.92. The maximum Gasteiger partial charge on any atom is 0.216 e. The Hall–Kier alpha value is -1.36. The number of halogens is 2. The van der Waals surface area contributed by atoms with Crippen LogP contribution < -0.4 is 4.74 Å². The maximum atomic E-state index is 10.2. The Bertz CT molecular complexity index is 578. The molecule has 0 aliphatic heterocycles. The zero-order valence-electron chi connectivity index (χ0n) is 10.2. The molecule has 2 rings (SSSR count). The van der Waals surface area contributed by atoms with Gasteiger partial charge in [-0.2, -0.15) is 0 Å². The predicted octanol–water partition coefficient (Wildman–Crippen LogP) is 3.07. The van der Waals surface area contributed by atoms with Gasteiger partial charge in [-0.3, -0.25) is 0 Å². The molecule has 1 atom stereocenters. The largest absolute Gasteiger partial charge is 0.481 e. The second-order valence-corrected chi connectivity index (χ2v) is 4.70. The molecule has 1 heterocycles. The van der Waals surface area contributed by atoms with Gasteiger partial charge >= 0.3 is 0 Å². The number of aromatic nitrogens is 2. The van der Waals surface area contributed by atoms with E-state index in [4.69, 9.17) is 27.9 Å². The molecule has 1 N–H and O–H groups in total. The van der Waals surface area contributed by atoms with Gasteiger partial charge in [0.05, 0.1) is 22.8 Å². The molecule has 100 valence electrons. The number of benzene rings is 1. The minimum absolute atomic E-state index is 0.319. The van der Waals surface area contributed by atoms with Crippen LogP contribution in [-0.4, -0.2) is 22.2 Å². The normalized spacial score (nSPS) is 12.2. The van der Waals surface area contributed by atoms with Crippen LogP contribution >= 0.6 is 23.2 Å². The molecule has 0 aliphatic rings. The van der Waals surface area contributed by atoms with E-state index in [1.165, 1.54) is 13.4 Å². The molecular weight excluding hydrogens is 287 g/mol. The Kier molecular flexibility index (Phi) is 4.58. The number of hydrogen-bond donors (Lipinski definition) is 1. The molecule has 0 radical (unpaired) electrons. The summed E-state index contributed by atoms with van der Waals surface area (Å²) in [4.78, 5) is 7.91. The van der Waals surface area contributed by atoms with Gasteiger partial charge in [-0.15, -0.1) is 0 Å². The van der Waals surface area contributed by atoms with E-state index in [9.17, 15) is 5.11 Å². The Balaban J connectivity index is 2.20. The molecule has 6 heteroatoms. The summed E-state index contributed by atoms with van der Waals surface area (Å²) in [6.07, 6.45) is 0.865. The lowest BCUT2D eigenvalue weighted by Gasteiger charge is -2.12. The molecule has 1 unspecified atom stereocenters. The average molecular weight is 299 g/mol. The van der Waals surface area contributed by atoms with Crippen LogP contribution in [0.4, 0.5) is 0 Å². The lowest BCUT2D eigenvalue weighted by atomic mass is 10.1. The first kappa shape index (κ1) is 14.1. The zero-order valence-corrected chi connectivity index (χ0v) is 11.7. The summed E-state index contributed by atoms with van der Waals surface area (Å²) >= 11 is 12.0. The highest BCUT2D eigenvalue weighted by Crippen LogP contribution is 2.29. The van der Waals surface area contributed by atoms with Gasteiger partial charge in [0.15, 0.2) is 0 Å². The van der Waals surface area contributed by atoms with E-state index in [1.807, 2.05) is 6.07 Å². The summed E-state index contributed by atoms with van der Waals surface area (Å²) in [5.41, 5.74) is 1.24. The van der Waals surface area contributed by atoms with Crippen molar-refractivity contribution < 1.29 is 9.84 Å². The topological polar surface area (TPSA) is 55.2 Å². The molecule has 0 bridgehead atoms. The summed E-state index contributed by atoms with van der Waals surface area (Å²) in [6.45, 7) is 0. The fourth-order valence-electron chi connectivity index (χ4n) is 1.67. The molecule has 0 saturated carbocycles. The van der Waals surface area contributed by atoms with Gasteiger partial charge in [0.1, 0.15) is 12.4 Å². The first-order valence-electron chi connectivity index (χ1n) is 5.58. The van der Waals surface area contributed by atoms with E-state index in [0.29, 0.717) is 28.0 Å². The van der Waals surface area contributed by atoms with Crippen molar-refractivity contribution in [3.8, 4) is 5.88 Å².